The number of hydrogen-bond donors (Lipinski definition) is 1. The smallest absolute Gasteiger partial charge is 0.0912 e. The van der Waals surface area contributed by atoms with Crippen molar-refractivity contribution in [2.24, 2.45) is 0 Å². The van der Waals surface area contributed by atoms with Crippen LogP contribution in [0.3, 0.4) is 0 Å². The average molecular weight is 250 g/mol. The SMILES string of the molecule is N#C/C=C/c1c(-c2cccs2)[nH]c2ccccc12. The van der Waals surface area contributed by atoms with E-state index < -0.39 is 0 Å². The summed E-state index contributed by atoms with van der Waals surface area (Å²) in [5.41, 5.74) is 3.26. The van der Waals surface area contributed by atoms with Crippen molar-refractivity contribution in [2.75, 3.05) is 0 Å². The Morgan fingerprint density at radius 3 is 2.83 bits per heavy atom. The van der Waals surface area contributed by atoms with Gasteiger partial charge in [-0.25, -0.2) is 0 Å². The maximum atomic E-state index is 8.71. The van der Waals surface area contributed by atoms with Gasteiger partial charge in [-0.1, -0.05) is 24.3 Å². The maximum absolute atomic E-state index is 8.71. The molecular formula is C15H10N2S. The largest absolute Gasteiger partial charge is 0.353 e. The lowest BCUT2D eigenvalue weighted by atomic mass is 10.1. The zero-order valence-electron chi connectivity index (χ0n) is 9.55. The summed E-state index contributed by atoms with van der Waals surface area (Å²) >= 11 is 1.69. The molecule has 0 amide bonds. The molecule has 0 atom stereocenters. The van der Waals surface area contributed by atoms with E-state index in [-0.39, 0.29) is 0 Å². The summed E-state index contributed by atoms with van der Waals surface area (Å²) in [5, 5.41) is 11.9. The number of para-hydroxylation sites is 1. The van der Waals surface area contributed by atoms with Gasteiger partial charge in [-0.2, -0.15) is 5.26 Å². The van der Waals surface area contributed by atoms with E-state index in [4.69, 9.17) is 5.26 Å². The molecule has 2 nitrogen and oxygen atoms in total. The van der Waals surface area contributed by atoms with Crippen LogP contribution in [0.5, 0.6) is 0 Å². The highest BCUT2D eigenvalue weighted by Gasteiger charge is 2.10. The molecule has 86 valence electrons. The quantitative estimate of drug-likeness (QED) is 0.671. The molecule has 1 aromatic carbocycles. The number of aromatic amines is 1. The second-order valence-corrected chi connectivity index (χ2v) is 4.85. The van der Waals surface area contributed by atoms with Crippen molar-refractivity contribution in [3.05, 3.63) is 53.4 Å². The number of aromatic nitrogens is 1. The van der Waals surface area contributed by atoms with Crippen molar-refractivity contribution in [1.82, 2.24) is 4.98 Å². The first-order valence-corrected chi connectivity index (χ1v) is 6.49. The van der Waals surface area contributed by atoms with Crippen LogP contribution >= 0.6 is 11.3 Å². The lowest BCUT2D eigenvalue weighted by Crippen LogP contribution is -1.75. The fraction of sp³-hybridized carbons (Fsp3) is 0. The molecule has 2 aromatic heterocycles. The van der Waals surface area contributed by atoms with E-state index in [0.717, 1.165) is 22.2 Å². The molecule has 0 aliphatic heterocycles. The van der Waals surface area contributed by atoms with Gasteiger partial charge < -0.3 is 4.98 Å². The highest BCUT2D eigenvalue weighted by Crippen LogP contribution is 2.33. The normalized spacial score (nSPS) is 11.1. The zero-order valence-corrected chi connectivity index (χ0v) is 10.4. The summed E-state index contributed by atoms with van der Waals surface area (Å²) in [7, 11) is 0. The molecular weight excluding hydrogens is 240 g/mol. The number of rotatable bonds is 2. The minimum atomic E-state index is 1.08. The molecule has 0 bridgehead atoms. The zero-order chi connectivity index (χ0) is 12.4. The molecule has 2 heterocycles. The Morgan fingerprint density at radius 1 is 1.17 bits per heavy atom. The third-order valence-corrected chi connectivity index (χ3v) is 3.73. The highest BCUT2D eigenvalue weighted by atomic mass is 32.1. The van der Waals surface area contributed by atoms with Gasteiger partial charge in [0.2, 0.25) is 0 Å². The highest BCUT2D eigenvalue weighted by molar-refractivity contribution is 7.13. The van der Waals surface area contributed by atoms with Crippen LogP contribution in [0.2, 0.25) is 0 Å². The van der Waals surface area contributed by atoms with Crippen LogP contribution in [0.15, 0.2) is 47.9 Å². The van der Waals surface area contributed by atoms with E-state index in [1.807, 2.05) is 24.3 Å². The first-order chi connectivity index (χ1) is 8.90. The third kappa shape index (κ3) is 1.73. The number of allylic oxidation sites excluding steroid dienone is 1. The minimum Gasteiger partial charge on any atom is -0.353 e. The Balaban J connectivity index is 2.31. The van der Waals surface area contributed by atoms with Gasteiger partial charge in [0, 0.05) is 22.5 Å². The summed E-state index contributed by atoms with van der Waals surface area (Å²) in [4.78, 5) is 4.61. The summed E-state index contributed by atoms with van der Waals surface area (Å²) in [5.74, 6) is 0. The predicted octanol–water partition coefficient (Wildman–Crippen LogP) is 4.43. The van der Waals surface area contributed by atoms with Gasteiger partial charge in [-0.15, -0.1) is 11.3 Å². The van der Waals surface area contributed by atoms with Gasteiger partial charge in [-0.3, -0.25) is 0 Å². The van der Waals surface area contributed by atoms with Crippen molar-refractivity contribution >= 4 is 28.3 Å². The topological polar surface area (TPSA) is 39.6 Å². The van der Waals surface area contributed by atoms with Crippen LogP contribution in [0.25, 0.3) is 27.6 Å². The lowest BCUT2D eigenvalue weighted by Gasteiger charge is -1.95. The Kier molecular flexibility index (Phi) is 2.71. The summed E-state index contributed by atoms with van der Waals surface area (Å²) in [6.07, 6.45) is 3.39. The number of nitrogens with one attached hydrogen (secondary N) is 1. The molecule has 0 radical (unpaired) electrons. The molecule has 18 heavy (non-hydrogen) atoms. The number of H-pyrrole nitrogens is 1. The lowest BCUT2D eigenvalue weighted by molar-refractivity contribution is 1.47. The van der Waals surface area contributed by atoms with Crippen molar-refractivity contribution < 1.29 is 0 Å². The fourth-order valence-electron chi connectivity index (χ4n) is 2.07. The maximum Gasteiger partial charge on any atom is 0.0912 e. The van der Waals surface area contributed by atoms with E-state index in [1.54, 1.807) is 11.3 Å². The molecule has 0 spiro atoms. The number of hydrogen-bond acceptors (Lipinski definition) is 2. The Bertz CT molecular complexity index is 742. The molecule has 3 aromatic rings. The van der Waals surface area contributed by atoms with Crippen LogP contribution in [0.1, 0.15) is 5.56 Å². The second-order valence-electron chi connectivity index (χ2n) is 3.90. The molecule has 0 aliphatic rings. The van der Waals surface area contributed by atoms with Gasteiger partial charge in [0.25, 0.3) is 0 Å². The molecule has 3 heteroatoms. The summed E-state index contributed by atoms with van der Waals surface area (Å²) in [6.45, 7) is 0. The molecule has 0 fully saturated rings. The van der Waals surface area contributed by atoms with Gasteiger partial charge in [0.1, 0.15) is 0 Å². The van der Waals surface area contributed by atoms with Gasteiger partial charge in [0.05, 0.1) is 16.6 Å². The van der Waals surface area contributed by atoms with Gasteiger partial charge >= 0.3 is 0 Å². The van der Waals surface area contributed by atoms with Crippen LogP contribution in [0, 0.1) is 11.3 Å². The molecule has 0 unspecified atom stereocenters. The second kappa shape index (κ2) is 4.52. The van der Waals surface area contributed by atoms with Crippen molar-refractivity contribution in [3.8, 4) is 16.6 Å². The number of thiophene rings is 1. The van der Waals surface area contributed by atoms with Gasteiger partial charge in [-0.05, 0) is 23.6 Å². The Hall–Kier alpha value is -2.31. The first kappa shape index (κ1) is 10.8. The molecule has 1 N–H and O–H groups in total. The van der Waals surface area contributed by atoms with E-state index in [1.165, 1.54) is 11.0 Å². The van der Waals surface area contributed by atoms with Crippen molar-refractivity contribution in [2.45, 2.75) is 0 Å². The van der Waals surface area contributed by atoms with Crippen molar-refractivity contribution in [1.29, 1.82) is 5.26 Å². The monoisotopic (exact) mass is 250 g/mol. The van der Waals surface area contributed by atoms with E-state index in [9.17, 15) is 0 Å². The summed E-state index contributed by atoms with van der Waals surface area (Å²) in [6, 6.07) is 14.3. The fourth-order valence-corrected chi connectivity index (χ4v) is 2.81. The summed E-state index contributed by atoms with van der Waals surface area (Å²) < 4.78 is 0. The number of nitriles is 1. The van der Waals surface area contributed by atoms with Gasteiger partial charge in [0.15, 0.2) is 0 Å². The standard InChI is InChI=1S/C15H10N2S/c16-9-3-6-12-11-5-1-2-7-13(11)17-15(12)14-8-4-10-18-14/h1-8,10,17H/b6-3+. The predicted molar refractivity (Wildman–Crippen MR) is 76.3 cm³/mol. The van der Waals surface area contributed by atoms with Crippen LogP contribution in [0.4, 0.5) is 0 Å². The Morgan fingerprint density at radius 2 is 2.06 bits per heavy atom. The Labute approximate surface area is 109 Å². The number of benzene rings is 1. The first-order valence-electron chi connectivity index (χ1n) is 5.61. The van der Waals surface area contributed by atoms with Crippen LogP contribution in [-0.2, 0) is 0 Å². The minimum absolute atomic E-state index is 1.08. The number of fused-ring (bicyclic) bond motifs is 1. The molecule has 0 aliphatic carbocycles. The molecule has 3 rings (SSSR count). The van der Waals surface area contributed by atoms with E-state index in [0.29, 0.717) is 0 Å². The van der Waals surface area contributed by atoms with E-state index >= 15 is 0 Å². The number of nitrogens with zero attached hydrogens (tertiary/aromatic N) is 1. The van der Waals surface area contributed by atoms with Crippen molar-refractivity contribution in [3.63, 3.8) is 0 Å². The van der Waals surface area contributed by atoms with Crippen LogP contribution in [-0.4, -0.2) is 4.98 Å². The molecule has 0 saturated heterocycles. The molecule has 0 saturated carbocycles. The average Bonchev–Trinajstić information content (AvgIpc) is 3.03. The van der Waals surface area contributed by atoms with E-state index in [2.05, 4.69) is 34.6 Å². The third-order valence-electron chi connectivity index (χ3n) is 2.84. The van der Waals surface area contributed by atoms with Crippen LogP contribution < -0.4 is 0 Å².